The topological polar surface area (TPSA) is 62.2 Å². The number of halogens is 1. The molecule has 4 nitrogen and oxygen atoms in total. The second kappa shape index (κ2) is 6.30. The molecule has 2 N–H and O–H groups in total. The first kappa shape index (κ1) is 16.0. The second-order valence-electron chi connectivity index (χ2n) is 5.99. The Hall–Kier alpha value is -1.91. The lowest BCUT2D eigenvalue weighted by Crippen LogP contribution is -2.43. The van der Waals surface area contributed by atoms with Gasteiger partial charge in [0.2, 0.25) is 0 Å². The molecule has 1 aliphatic carbocycles. The van der Waals surface area contributed by atoms with Gasteiger partial charge in [-0.25, -0.2) is 4.98 Å². The fourth-order valence-electron chi connectivity index (χ4n) is 3.17. The van der Waals surface area contributed by atoms with Crippen molar-refractivity contribution in [2.45, 2.75) is 31.8 Å². The maximum Gasteiger partial charge on any atom is 0.253 e. The number of amides is 1. The molecule has 1 amide bonds. The monoisotopic (exact) mass is 330 g/mol. The van der Waals surface area contributed by atoms with Crippen LogP contribution in [0.2, 0.25) is 5.15 Å². The summed E-state index contributed by atoms with van der Waals surface area (Å²) in [6.07, 6.45) is 2.51. The third-order valence-corrected chi connectivity index (χ3v) is 4.60. The van der Waals surface area contributed by atoms with Gasteiger partial charge in [0.05, 0.1) is 17.8 Å². The van der Waals surface area contributed by atoms with Gasteiger partial charge in [0.1, 0.15) is 10.8 Å². The number of benzene rings is 1. The third-order valence-electron chi connectivity index (χ3n) is 4.39. The van der Waals surface area contributed by atoms with Crippen LogP contribution in [0.3, 0.4) is 0 Å². The van der Waals surface area contributed by atoms with Gasteiger partial charge in [-0.1, -0.05) is 35.9 Å². The SMILES string of the molecule is Cc1nc(Cl)ccc1C(=O)NCC1(O)CCCc2ccccc21. The Morgan fingerprint density at radius 1 is 1.35 bits per heavy atom. The first-order chi connectivity index (χ1) is 11.0. The molecule has 3 rings (SSSR count). The number of aliphatic hydroxyl groups is 1. The van der Waals surface area contributed by atoms with Crippen LogP contribution in [0.4, 0.5) is 0 Å². The lowest BCUT2D eigenvalue weighted by molar-refractivity contribution is 0.0189. The van der Waals surface area contributed by atoms with E-state index in [9.17, 15) is 9.90 Å². The van der Waals surface area contributed by atoms with E-state index >= 15 is 0 Å². The summed E-state index contributed by atoms with van der Waals surface area (Å²) in [5.41, 5.74) is 2.10. The molecule has 0 aliphatic heterocycles. The van der Waals surface area contributed by atoms with Crippen molar-refractivity contribution in [3.8, 4) is 0 Å². The lowest BCUT2D eigenvalue weighted by atomic mass is 9.79. The average Bonchev–Trinajstić information content (AvgIpc) is 2.53. The van der Waals surface area contributed by atoms with Crippen LogP contribution in [0.15, 0.2) is 36.4 Å². The van der Waals surface area contributed by atoms with E-state index in [0.717, 1.165) is 24.0 Å². The van der Waals surface area contributed by atoms with Crippen molar-refractivity contribution < 1.29 is 9.90 Å². The summed E-state index contributed by atoms with van der Waals surface area (Å²) in [5.74, 6) is -0.247. The highest BCUT2D eigenvalue weighted by molar-refractivity contribution is 6.29. The van der Waals surface area contributed by atoms with Crippen molar-refractivity contribution in [1.82, 2.24) is 10.3 Å². The summed E-state index contributed by atoms with van der Waals surface area (Å²) in [6, 6.07) is 11.1. The summed E-state index contributed by atoms with van der Waals surface area (Å²) in [5, 5.41) is 14.2. The zero-order chi connectivity index (χ0) is 16.4. The minimum atomic E-state index is -1.02. The fourth-order valence-corrected chi connectivity index (χ4v) is 3.36. The fraction of sp³-hybridized carbons (Fsp3) is 0.333. The maximum atomic E-state index is 12.4. The molecular weight excluding hydrogens is 312 g/mol. The highest BCUT2D eigenvalue weighted by atomic mass is 35.5. The predicted octanol–water partition coefficient (Wildman–Crippen LogP) is 3.00. The summed E-state index contributed by atoms with van der Waals surface area (Å²) < 4.78 is 0. The number of carbonyl (C=O) groups is 1. The van der Waals surface area contributed by atoms with Gasteiger partial charge in [0.25, 0.3) is 5.91 Å². The first-order valence-electron chi connectivity index (χ1n) is 7.72. The molecule has 1 atom stereocenters. The molecule has 1 aromatic carbocycles. The van der Waals surface area contributed by atoms with Crippen LogP contribution < -0.4 is 5.32 Å². The van der Waals surface area contributed by atoms with Crippen LogP contribution in [0, 0.1) is 6.92 Å². The Kier molecular flexibility index (Phi) is 4.37. The van der Waals surface area contributed by atoms with E-state index in [1.54, 1.807) is 19.1 Å². The van der Waals surface area contributed by atoms with Gasteiger partial charge in [-0.05, 0) is 49.4 Å². The smallest absolute Gasteiger partial charge is 0.253 e. The van der Waals surface area contributed by atoms with Crippen molar-refractivity contribution in [3.63, 3.8) is 0 Å². The second-order valence-corrected chi connectivity index (χ2v) is 6.38. The molecule has 0 radical (unpaired) electrons. The number of nitrogens with one attached hydrogen (secondary N) is 1. The number of pyridine rings is 1. The van der Waals surface area contributed by atoms with Crippen LogP contribution >= 0.6 is 11.6 Å². The predicted molar refractivity (Wildman–Crippen MR) is 89.6 cm³/mol. The molecular formula is C18H19ClN2O2. The van der Waals surface area contributed by atoms with E-state index in [2.05, 4.69) is 10.3 Å². The summed E-state index contributed by atoms with van der Waals surface area (Å²) in [6.45, 7) is 1.93. The molecule has 23 heavy (non-hydrogen) atoms. The molecule has 0 bridgehead atoms. The van der Waals surface area contributed by atoms with E-state index in [4.69, 9.17) is 11.6 Å². The van der Waals surface area contributed by atoms with E-state index in [-0.39, 0.29) is 12.5 Å². The number of aromatic nitrogens is 1. The zero-order valence-electron chi connectivity index (χ0n) is 13.0. The minimum absolute atomic E-state index is 0.185. The summed E-state index contributed by atoms with van der Waals surface area (Å²) >= 11 is 5.82. The molecule has 0 saturated heterocycles. The Morgan fingerprint density at radius 2 is 2.13 bits per heavy atom. The van der Waals surface area contributed by atoms with Crippen LogP contribution in [0.25, 0.3) is 0 Å². The van der Waals surface area contributed by atoms with Crippen molar-refractivity contribution in [3.05, 3.63) is 63.9 Å². The molecule has 0 fully saturated rings. The van der Waals surface area contributed by atoms with Crippen LogP contribution in [-0.2, 0) is 12.0 Å². The molecule has 2 aromatic rings. The van der Waals surface area contributed by atoms with Gasteiger partial charge in [0.15, 0.2) is 0 Å². The quantitative estimate of drug-likeness (QED) is 0.850. The molecule has 1 unspecified atom stereocenters. The molecule has 120 valence electrons. The number of fused-ring (bicyclic) bond motifs is 1. The largest absolute Gasteiger partial charge is 0.383 e. The normalized spacial score (nSPS) is 20.0. The molecule has 5 heteroatoms. The molecule has 1 heterocycles. The maximum absolute atomic E-state index is 12.4. The van der Waals surface area contributed by atoms with Gasteiger partial charge < -0.3 is 10.4 Å². The van der Waals surface area contributed by atoms with Gasteiger partial charge in [-0.3, -0.25) is 4.79 Å². The van der Waals surface area contributed by atoms with E-state index < -0.39 is 5.60 Å². The van der Waals surface area contributed by atoms with Gasteiger partial charge in [-0.15, -0.1) is 0 Å². The number of carbonyl (C=O) groups excluding carboxylic acids is 1. The summed E-state index contributed by atoms with van der Waals surface area (Å²) in [4.78, 5) is 16.5. The molecule has 0 saturated carbocycles. The lowest BCUT2D eigenvalue weighted by Gasteiger charge is -2.34. The number of hydrogen-bond donors (Lipinski definition) is 2. The Labute approximate surface area is 140 Å². The highest BCUT2D eigenvalue weighted by Gasteiger charge is 2.34. The van der Waals surface area contributed by atoms with Crippen molar-refractivity contribution >= 4 is 17.5 Å². The molecule has 0 spiro atoms. The first-order valence-corrected chi connectivity index (χ1v) is 8.09. The highest BCUT2D eigenvalue weighted by Crippen LogP contribution is 2.34. The van der Waals surface area contributed by atoms with Gasteiger partial charge in [0, 0.05) is 0 Å². The van der Waals surface area contributed by atoms with Crippen LogP contribution in [0.5, 0.6) is 0 Å². The number of rotatable bonds is 3. The number of aryl methyl sites for hydroxylation is 2. The van der Waals surface area contributed by atoms with Crippen molar-refractivity contribution in [1.29, 1.82) is 0 Å². The standard InChI is InChI=1S/C18H19ClN2O2/c1-12-14(8-9-16(19)21-12)17(22)20-11-18(23)10-4-6-13-5-2-3-7-15(13)18/h2-3,5,7-9,23H,4,6,10-11H2,1H3,(H,20,22). The van der Waals surface area contributed by atoms with E-state index in [1.807, 2.05) is 24.3 Å². The van der Waals surface area contributed by atoms with E-state index in [0.29, 0.717) is 22.8 Å². The third kappa shape index (κ3) is 3.23. The Balaban J connectivity index is 1.77. The Bertz CT molecular complexity index is 748. The molecule has 1 aliphatic rings. The zero-order valence-corrected chi connectivity index (χ0v) is 13.7. The van der Waals surface area contributed by atoms with E-state index in [1.165, 1.54) is 0 Å². The van der Waals surface area contributed by atoms with Crippen molar-refractivity contribution in [2.75, 3.05) is 6.54 Å². The Morgan fingerprint density at radius 3 is 2.91 bits per heavy atom. The van der Waals surface area contributed by atoms with Gasteiger partial charge in [-0.2, -0.15) is 0 Å². The van der Waals surface area contributed by atoms with Crippen LogP contribution in [-0.4, -0.2) is 22.5 Å². The van der Waals surface area contributed by atoms with Crippen LogP contribution in [0.1, 0.15) is 40.0 Å². The van der Waals surface area contributed by atoms with Crippen molar-refractivity contribution in [2.24, 2.45) is 0 Å². The minimum Gasteiger partial charge on any atom is -0.383 e. The number of hydrogen-bond acceptors (Lipinski definition) is 3. The summed E-state index contributed by atoms with van der Waals surface area (Å²) in [7, 11) is 0. The number of nitrogens with zero attached hydrogens (tertiary/aromatic N) is 1. The van der Waals surface area contributed by atoms with Gasteiger partial charge >= 0.3 is 0 Å². The molecule has 1 aromatic heterocycles. The average molecular weight is 331 g/mol.